The van der Waals surface area contributed by atoms with Gasteiger partial charge in [0.05, 0.1) is 24.3 Å². The Morgan fingerprint density at radius 2 is 1.77 bits per heavy atom. The van der Waals surface area contributed by atoms with E-state index >= 15 is 0 Å². The number of aryl methyl sites for hydroxylation is 2. The van der Waals surface area contributed by atoms with Crippen molar-refractivity contribution < 1.29 is 5.11 Å². The Labute approximate surface area is 175 Å². The van der Waals surface area contributed by atoms with E-state index in [1.165, 1.54) is 6.08 Å². The fraction of sp³-hybridized carbons (Fsp3) is 0.130. The standard InChI is InChI=1S/C23H20N6O/c1-15-10-18(4-3-9-24)11-16(2)21(15)28-22-19(14-30)13-26-23(29-22)27-20-7-5-17(12-25)6-8-20/h3-8,10-11,13,30H,14H2,1-2H3,(H2,26,27,28,29). The zero-order valence-corrected chi connectivity index (χ0v) is 16.6. The smallest absolute Gasteiger partial charge is 0.229 e. The van der Waals surface area contributed by atoms with Crippen LogP contribution in [0.5, 0.6) is 0 Å². The topological polar surface area (TPSA) is 118 Å². The first kappa shape index (κ1) is 20.5. The van der Waals surface area contributed by atoms with Crippen LogP contribution in [0, 0.1) is 36.5 Å². The largest absolute Gasteiger partial charge is 0.391 e. The molecule has 0 saturated carbocycles. The van der Waals surface area contributed by atoms with Gasteiger partial charge in [-0.3, -0.25) is 0 Å². The van der Waals surface area contributed by atoms with Crippen LogP contribution in [0.15, 0.2) is 48.7 Å². The van der Waals surface area contributed by atoms with Gasteiger partial charge in [-0.05, 0) is 73.0 Å². The van der Waals surface area contributed by atoms with E-state index in [2.05, 4.69) is 26.7 Å². The number of benzene rings is 2. The van der Waals surface area contributed by atoms with Crippen molar-refractivity contribution >= 4 is 29.2 Å². The van der Waals surface area contributed by atoms with Gasteiger partial charge >= 0.3 is 0 Å². The maximum Gasteiger partial charge on any atom is 0.229 e. The van der Waals surface area contributed by atoms with Crippen LogP contribution in [-0.2, 0) is 6.61 Å². The third-order valence-electron chi connectivity index (χ3n) is 4.45. The lowest BCUT2D eigenvalue weighted by Crippen LogP contribution is -2.06. The minimum atomic E-state index is -0.208. The second kappa shape index (κ2) is 9.33. The molecule has 0 aliphatic rings. The summed E-state index contributed by atoms with van der Waals surface area (Å²) in [5.41, 5.74) is 5.66. The number of hydrogen-bond acceptors (Lipinski definition) is 7. The molecule has 0 spiro atoms. The molecule has 0 bridgehead atoms. The van der Waals surface area contributed by atoms with Gasteiger partial charge in [-0.2, -0.15) is 15.5 Å². The zero-order valence-electron chi connectivity index (χ0n) is 16.6. The third kappa shape index (κ3) is 4.79. The second-order valence-corrected chi connectivity index (χ2v) is 6.66. The summed E-state index contributed by atoms with van der Waals surface area (Å²) in [7, 11) is 0. The summed E-state index contributed by atoms with van der Waals surface area (Å²) in [5.74, 6) is 0.860. The molecule has 0 unspecified atom stereocenters. The predicted octanol–water partition coefficient (Wildman–Crippen LogP) is 4.48. The summed E-state index contributed by atoms with van der Waals surface area (Å²) in [4.78, 5) is 8.77. The normalized spacial score (nSPS) is 10.4. The quantitative estimate of drug-likeness (QED) is 0.526. The van der Waals surface area contributed by atoms with Crippen molar-refractivity contribution in [1.29, 1.82) is 10.5 Å². The van der Waals surface area contributed by atoms with Crippen LogP contribution in [0.3, 0.4) is 0 Å². The van der Waals surface area contributed by atoms with E-state index in [1.54, 1.807) is 36.5 Å². The van der Waals surface area contributed by atoms with Gasteiger partial charge in [0.15, 0.2) is 0 Å². The van der Waals surface area contributed by atoms with E-state index in [4.69, 9.17) is 10.5 Å². The highest BCUT2D eigenvalue weighted by Gasteiger charge is 2.11. The number of aliphatic hydroxyl groups is 1. The van der Waals surface area contributed by atoms with Crippen LogP contribution in [-0.4, -0.2) is 15.1 Å². The molecule has 0 amide bonds. The summed E-state index contributed by atoms with van der Waals surface area (Å²) >= 11 is 0. The zero-order chi connectivity index (χ0) is 21.5. The van der Waals surface area contributed by atoms with Crippen LogP contribution in [0.1, 0.15) is 27.8 Å². The van der Waals surface area contributed by atoms with Crippen LogP contribution >= 0.6 is 0 Å². The molecule has 1 heterocycles. The van der Waals surface area contributed by atoms with Crippen molar-refractivity contribution in [3.63, 3.8) is 0 Å². The molecule has 7 nitrogen and oxygen atoms in total. The number of aliphatic hydroxyl groups excluding tert-OH is 1. The number of hydrogen-bond donors (Lipinski definition) is 3. The van der Waals surface area contributed by atoms with E-state index in [9.17, 15) is 5.11 Å². The van der Waals surface area contributed by atoms with Crippen molar-refractivity contribution in [3.05, 3.63) is 76.5 Å². The maximum absolute atomic E-state index is 9.70. The molecule has 0 atom stereocenters. The number of anilines is 4. The van der Waals surface area contributed by atoms with Gasteiger partial charge in [-0.15, -0.1) is 0 Å². The number of rotatable bonds is 6. The van der Waals surface area contributed by atoms with E-state index < -0.39 is 0 Å². The first-order chi connectivity index (χ1) is 14.5. The highest BCUT2D eigenvalue weighted by Crippen LogP contribution is 2.28. The van der Waals surface area contributed by atoms with Crippen molar-refractivity contribution in [2.45, 2.75) is 20.5 Å². The molecule has 0 fully saturated rings. The first-order valence-corrected chi connectivity index (χ1v) is 9.22. The molecule has 148 valence electrons. The summed E-state index contributed by atoms with van der Waals surface area (Å²) in [5, 5.41) is 33.7. The van der Waals surface area contributed by atoms with E-state index in [0.29, 0.717) is 22.9 Å². The van der Waals surface area contributed by atoms with Crippen molar-refractivity contribution in [2.75, 3.05) is 10.6 Å². The first-order valence-electron chi connectivity index (χ1n) is 9.22. The lowest BCUT2D eigenvalue weighted by atomic mass is 10.0. The van der Waals surface area contributed by atoms with Crippen molar-refractivity contribution in [3.8, 4) is 12.1 Å². The molecule has 3 rings (SSSR count). The van der Waals surface area contributed by atoms with Gasteiger partial charge < -0.3 is 15.7 Å². The Morgan fingerprint density at radius 1 is 1.07 bits per heavy atom. The molecule has 30 heavy (non-hydrogen) atoms. The third-order valence-corrected chi connectivity index (χ3v) is 4.45. The molecular formula is C23H20N6O. The Kier molecular flexibility index (Phi) is 6.39. The highest BCUT2D eigenvalue weighted by molar-refractivity contribution is 5.70. The van der Waals surface area contributed by atoms with Gasteiger partial charge in [0.25, 0.3) is 0 Å². The van der Waals surface area contributed by atoms with Gasteiger partial charge in [-0.1, -0.05) is 0 Å². The van der Waals surface area contributed by atoms with Gasteiger partial charge in [-0.25, -0.2) is 4.98 Å². The number of allylic oxidation sites excluding steroid dienone is 1. The van der Waals surface area contributed by atoms with Crippen LogP contribution < -0.4 is 10.6 Å². The molecule has 2 aromatic carbocycles. The van der Waals surface area contributed by atoms with E-state index in [1.807, 2.05) is 32.0 Å². The summed E-state index contributed by atoms with van der Waals surface area (Å²) in [6.45, 7) is 3.73. The molecule has 1 aromatic heterocycles. The maximum atomic E-state index is 9.70. The lowest BCUT2D eigenvalue weighted by Gasteiger charge is -2.16. The minimum absolute atomic E-state index is 0.208. The number of aromatic nitrogens is 2. The molecule has 0 saturated heterocycles. The van der Waals surface area contributed by atoms with Crippen molar-refractivity contribution in [1.82, 2.24) is 9.97 Å². The fourth-order valence-electron chi connectivity index (χ4n) is 2.99. The molecule has 3 aromatic rings. The molecular weight excluding hydrogens is 376 g/mol. The van der Waals surface area contributed by atoms with E-state index in [-0.39, 0.29) is 6.61 Å². The van der Waals surface area contributed by atoms with Crippen LogP contribution in [0.4, 0.5) is 23.1 Å². The van der Waals surface area contributed by atoms with E-state index in [0.717, 1.165) is 28.1 Å². The minimum Gasteiger partial charge on any atom is -0.391 e. The lowest BCUT2D eigenvalue weighted by molar-refractivity contribution is 0.281. The molecule has 0 aliphatic heterocycles. The Balaban J connectivity index is 1.90. The highest BCUT2D eigenvalue weighted by atomic mass is 16.3. The van der Waals surface area contributed by atoms with Gasteiger partial charge in [0, 0.05) is 29.2 Å². The number of nitrogens with one attached hydrogen (secondary N) is 2. The Hall–Kier alpha value is -4.20. The molecule has 0 radical (unpaired) electrons. The summed E-state index contributed by atoms with van der Waals surface area (Å²) < 4.78 is 0. The average Bonchev–Trinajstić information content (AvgIpc) is 2.75. The summed E-state index contributed by atoms with van der Waals surface area (Å²) in [6.07, 6.45) is 4.76. The van der Waals surface area contributed by atoms with Gasteiger partial charge in [0.2, 0.25) is 5.95 Å². The number of nitriles is 2. The second-order valence-electron chi connectivity index (χ2n) is 6.66. The van der Waals surface area contributed by atoms with Crippen LogP contribution in [0.2, 0.25) is 0 Å². The number of nitrogens with zero attached hydrogens (tertiary/aromatic N) is 4. The summed E-state index contributed by atoms with van der Waals surface area (Å²) in [6, 6.07) is 15.0. The fourth-order valence-corrected chi connectivity index (χ4v) is 2.99. The average molecular weight is 396 g/mol. The van der Waals surface area contributed by atoms with Gasteiger partial charge in [0.1, 0.15) is 5.82 Å². The molecule has 0 aliphatic carbocycles. The SMILES string of the molecule is Cc1cc(C=CC#N)cc(C)c1Nc1nc(Nc2ccc(C#N)cc2)ncc1CO. The molecule has 3 N–H and O–H groups in total. The Bertz CT molecular complexity index is 1150. The predicted molar refractivity (Wildman–Crippen MR) is 116 cm³/mol. The van der Waals surface area contributed by atoms with Crippen LogP contribution in [0.25, 0.3) is 6.08 Å². The van der Waals surface area contributed by atoms with Crippen molar-refractivity contribution in [2.24, 2.45) is 0 Å². The Morgan fingerprint density at radius 3 is 2.37 bits per heavy atom. The molecule has 7 heteroatoms. The monoisotopic (exact) mass is 396 g/mol.